The van der Waals surface area contributed by atoms with E-state index < -0.39 is 12.0 Å². The molecular weight excluding hydrogens is 318 g/mol. The summed E-state index contributed by atoms with van der Waals surface area (Å²) in [6.07, 6.45) is 0. The molecule has 0 aliphatic rings. The van der Waals surface area contributed by atoms with E-state index in [4.69, 9.17) is 21.9 Å². The van der Waals surface area contributed by atoms with E-state index in [1.165, 1.54) is 0 Å². The SMILES string of the molecule is CCn1c(C(C)N=[N+]=[N-])nc(Cl)c1OC(=O)c1ccc(C)cc1. The summed E-state index contributed by atoms with van der Waals surface area (Å²) < 4.78 is 7.02. The second-order valence-electron chi connectivity index (χ2n) is 4.95. The molecule has 1 heterocycles. The first-order valence-corrected chi connectivity index (χ1v) is 7.44. The zero-order valence-electron chi connectivity index (χ0n) is 13.0. The van der Waals surface area contributed by atoms with Crippen LogP contribution >= 0.6 is 11.6 Å². The average Bonchev–Trinajstić information content (AvgIpc) is 2.84. The van der Waals surface area contributed by atoms with Crippen molar-refractivity contribution < 1.29 is 9.53 Å². The summed E-state index contributed by atoms with van der Waals surface area (Å²) in [7, 11) is 0. The van der Waals surface area contributed by atoms with Gasteiger partial charge in [-0.25, -0.2) is 9.78 Å². The first-order chi connectivity index (χ1) is 11.0. The van der Waals surface area contributed by atoms with Gasteiger partial charge in [-0.05, 0) is 38.4 Å². The summed E-state index contributed by atoms with van der Waals surface area (Å²) >= 11 is 6.09. The van der Waals surface area contributed by atoms with E-state index in [1.807, 2.05) is 26.0 Å². The largest absolute Gasteiger partial charge is 0.402 e. The molecule has 8 heteroatoms. The Morgan fingerprint density at radius 2 is 2.13 bits per heavy atom. The van der Waals surface area contributed by atoms with Gasteiger partial charge < -0.3 is 4.74 Å². The third-order valence-electron chi connectivity index (χ3n) is 3.30. The van der Waals surface area contributed by atoms with Crippen LogP contribution in [0.3, 0.4) is 0 Å². The van der Waals surface area contributed by atoms with Gasteiger partial charge in [-0.2, -0.15) is 0 Å². The predicted molar refractivity (Wildman–Crippen MR) is 86.6 cm³/mol. The second-order valence-corrected chi connectivity index (χ2v) is 5.30. The van der Waals surface area contributed by atoms with Crippen LogP contribution in [-0.2, 0) is 6.54 Å². The van der Waals surface area contributed by atoms with Crippen LogP contribution < -0.4 is 4.74 Å². The maximum absolute atomic E-state index is 12.2. The zero-order valence-corrected chi connectivity index (χ0v) is 13.8. The van der Waals surface area contributed by atoms with Crippen LogP contribution in [0.5, 0.6) is 5.88 Å². The Labute approximate surface area is 138 Å². The van der Waals surface area contributed by atoms with E-state index in [0.717, 1.165) is 5.56 Å². The van der Waals surface area contributed by atoms with Gasteiger partial charge in [0, 0.05) is 11.5 Å². The maximum Gasteiger partial charge on any atom is 0.344 e. The van der Waals surface area contributed by atoms with Gasteiger partial charge in [0.1, 0.15) is 5.82 Å². The number of imidazole rings is 1. The number of benzene rings is 1. The van der Waals surface area contributed by atoms with Crippen molar-refractivity contribution in [2.75, 3.05) is 0 Å². The minimum Gasteiger partial charge on any atom is -0.402 e. The fourth-order valence-corrected chi connectivity index (χ4v) is 2.34. The molecule has 120 valence electrons. The Kier molecular flexibility index (Phi) is 5.26. The molecule has 1 aromatic carbocycles. The van der Waals surface area contributed by atoms with E-state index in [0.29, 0.717) is 17.9 Å². The molecule has 1 atom stereocenters. The lowest BCUT2D eigenvalue weighted by Crippen LogP contribution is -2.13. The average molecular weight is 334 g/mol. The molecule has 0 aliphatic heterocycles. The summed E-state index contributed by atoms with van der Waals surface area (Å²) in [4.78, 5) is 19.2. The molecule has 2 aromatic rings. The summed E-state index contributed by atoms with van der Waals surface area (Å²) in [6, 6.07) is 6.49. The monoisotopic (exact) mass is 333 g/mol. The van der Waals surface area contributed by atoms with Crippen LogP contribution in [0.4, 0.5) is 0 Å². The number of rotatable bonds is 5. The van der Waals surface area contributed by atoms with Crippen LogP contribution in [0.1, 0.15) is 41.6 Å². The van der Waals surface area contributed by atoms with Gasteiger partial charge >= 0.3 is 5.97 Å². The minimum atomic E-state index is -0.524. The highest BCUT2D eigenvalue weighted by molar-refractivity contribution is 6.30. The van der Waals surface area contributed by atoms with Crippen LogP contribution in [0.2, 0.25) is 5.15 Å². The summed E-state index contributed by atoms with van der Waals surface area (Å²) in [5.41, 5.74) is 10.0. The van der Waals surface area contributed by atoms with Gasteiger partial charge in [0.2, 0.25) is 5.88 Å². The number of nitrogens with zero attached hydrogens (tertiary/aromatic N) is 5. The smallest absolute Gasteiger partial charge is 0.344 e. The molecule has 0 fully saturated rings. The van der Waals surface area contributed by atoms with Gasteiger partial charge in [-0.1, -0.05) is 34.4 Å². The van der Waals surface area contributed by atoms with Crippen molar-refractivity contribution in [2.45, 2.75) is 33.4 Å². The Morgan fingerprint density at radius 1 is 1.48 bits per heavy atom. The lowest BCUT2D eigenvalue weighted by Gasteiger charge is -2.11. The van der Waals surface area contributed by atoms with Crippen molar-refractivity contribution in [3.8, 4) is 5.88 Å². The van der Waals surface area contributed by atoms with Crippen LogP contribution in [0.25, 0.3) is 10.4 Å². The predicted octanol–water partition coefficient (Wildman–Crippen LogP) is 4.46. The fourth-order valence-electron chi connectivity index (χ4n) is 2.11. The Bertz CT molecular complexity index is 763. The Hall–Kier alpha value is -2.50. The number of halogens is 1. The molecule has 23 heavy (non-hydrogen) atoms. The number of azide groups is 1. The molecule has 2 rings (SSSR count). The number of aromatic nitrogens is 2. The zero-order chi connectivity index (χ0) is 17.0. The van der Waals surface area contributed by atoms with Gasteiger partial charge in [0.05, 0.1) is 11.6 Å². The number of carbonyl (C=O) groups is 1. The number of aryl methyl sites for hydroxylation is 1. The van der Waals surface area contributed by atoms with Crippen molar-refractivity contribution in [1.82, 2.24) is 9.55 Å². The van der Waals surface area contributed by atoms with Crippen molar-refractivity contribution in [2.24, 2.45) is 5.11 Å². The Morgan fingerprint density at radius 3 is 2.70 bits per heavy atom. The van der Waals surface area contributed by atoms with Gasteiger partial charge in [-0.15, -0.1) is 0 Å². The topological polar surface area (TPSA) is 92.9 Å². The van der Waals surface area contributed by atoms with Crippen molar-refractivity contribution in [3.63, 3.8) is 0 Å². The highest BCUT2D eigenvalue weighted by Gasteiger charge is 2.22. The highest BCUT2D eigenvalue weighted by Crippen LogP contribution is 2.30. The third-order valence-corrected chi connectivity index (χ3v) is 3.55. The van der Waals surface area contributed by atoms with Crippen molar-refractivity contribution in [3.05, 3.63) is 56.8 Å². The van der Waals surface area contributed by atoms with Crippen LogP contribution in [0.15, 0.2) is 29.4 Å². The van der Waals surface area contributed by atoms with Crippen LogP contribution in [-0.4, -0.2) is 15.5 Å². The van der Waals surface area contributed by atoms with Crippen molar-refractivity contribution in [1.29, 1.82) is 0 Å². The van der Waals surface area contributed by atoms with E-state index in [-0.39, 0.29) is 11.0 Å². The molecule has 0 spiro atoms. The summed E-state index contributed by atoms with van der Waals surface area (Å²) in [6.45, 7) is 5.95. The third kappa shape index (κ3) is 3.64. The molecule has 0 saturated heterocycles. The molecule has 0 amide bonds. The summed E-state index contributed by atoms with van der Waals surface area (Å²) in [5, 5.41) is 3.66. The molecule has 1 aromatic heterocycles. The number of carbonyl (C=O) groups excluding carboxylic acids is 1. The molecule has 0 aliphatic carbocycles. The standard InChI is InChI=1S/C15H16ClN5O2/c1-4-21-13(10(3)19-20-17)18-12(16)14(21)23-15(22)11-7-5-9(2)6-8-11/h5-8,10H,4H2,1-3H3. The molecule has 1 unspecified atom stereocenters. The lowest BCUT2D eigenvalue weighted by molar-refractivity contribution is 0.0720. The minimum absolute atomic E-state index is 0.0577. The molecular formula is C15H16ClN5O2. The van der Waals surface area contributed by atoms with Gasteiger partial charge in [0.25, 0.3) is 0 Å². The molecule has 7 nitrogen and oxygen atoms in total. The van der Waals surface area contributed by atoms with Crippen molar-refractivity contribution >= 4 is 17.6 Å². The number of esters is 1. The normalized spacial score (nSPS) is 11.7. The summed E-state index contributed by atoms with van der Waals surface area (Å²) in [5.74, 6) is 0.0706. The second kappa shape index (κ2) is 7.17. The quantitative estimate of drug-likeness (QED) is 0.350. The first kappa shape index (κ1) is 16.9. The van der Waals surface area contributed by atoms with E-state index >= 15 is 0 Å². The van der Waals surface area contributed by atoms with Gasteiger partial charge in [0.15, 0.2) is 5.15 Å². The lowest BCUT2D eigenvalue weighted by atomic mass is 10.1. The van der Waals surface area contributed by atoms with E-state index in [1.54, 1.807) is 23.6 Å². The number of hydrogen-bond acceptors (Lipinski definition) is 4. The van der Waals surface area contributed by atoms with E-state index in [9.17, 15) is 4.79 Å². The number of hydrogen-bond donors (Lipinski definition) is 0. The van der Waals surface area contributed by atoms with E-state index in [2.05, 4.69) is 15.0 Å². The van der Waals surface area contributed by atoms with Gasteiger partial charge in [-0.3, -0.25) is 4.57 Å². The molecule has 0 radical (unpaired) electrons. The maximum atomic E-state index is 12.2. The molecule has 0 bridgehead atoms. The molecule has 0 saturated carbocycles. The van der Waals surface area contributed by atoms with Crippen LogP contribution in [0, 0.1) is 6.92 Å². The first-order valence-electron chi connectivity index (χ1n) is 7.06. The fraction of sp³-hybridized carbons (Fsp3) is 0.333. The number of ether oxygens (including phenoxy) is 1. The Balaban J connectivity index is 2.34. The highest BCUT2D eigenvalue weighted by atomic mass is 35.5. The molecule has 0 N–H and O–H groups in total.